The van der Waals surface area contributed by atoms with Crippen LogP contribution in [0.5, 0.6) is 0 Å². The van der Waals surface area contributed by atoms with Crippen LogP contribution >= 0.6 is 0 Å². The Labute approximate surface area is 153 Å². The highest BCUT2D eigenvalue weighted by Gasteiger charge is 2.16. The molecule has 26 heavy (non-hydrogen) atoms. The smallest absolute Gasteiger partial charge is 0.297 e. The van der Waals surface area contributed by atoms with Crippen LogP contribution in [0.25, 0.3) is 0 Å². The fourth-order valence-electron chi connectivity index (χ4n) is 2.46. The van der Waals surface area contributed by atoms with Gasteiger partial charge >= 0.3 is 0 Å². The first kappa shape index (κ1) is 19.9. The van der Waals surface area contributed by atoms with E-state index in [-0.39, 0.29) is 17.2 Å². The van der Waals surface area contributed by atoms with Crippen LogP contribution in [0, 0.1) is 17.0 Å². The number of aryl methyl sites for hydroxylation is 1. The summed E-state index contributed by atoms with van der Waals surface area (Å²) in [4.78, 5) is 12.4. The summed E-state index contributed by atoms with van der Waals surface area (Å²) < 4.78 is 29.6. The fourth-order valence-corrected chi connectivity index (χ4v) is 3.35. The molecule has 0 atom stereocenters. The first-order valence-electron chi connectivity index (χ1n) is 8.29. The van der Waals surface area contributed by atoms with Crippen molar-refractivity contribution >= 4 is 21.5 Å². The third-order valence-electron chi connectivity index (χ3n) is 3.83. The molecular weight excluding hydrogens is 356 g/mol. The number of non-ortho nitro benzene ring substituents is 1. The summed E-state index contributed by atoms with van der Waals surface area (Å²) in [6, 6.07) is 12.6. The summed E-state index contributed by atoms with van der Waals surface area (Å²) in [7, 11) is -3.80. The van der Waals surface area contributed by atoms with Crippen molar-refractivity contribution in [3.05, 3.63) is 64.2 Å². The number of anilines is 1. The minimum absolute atomic E-state index is 0.00675. The minimum atomic E-state index is -3.80. The van der Waals surface area contributed by atoms with Crippen LogP contribution in [-0.2, 0) is 14.3 Å². The second-order valence-electron chi connectivity index (χ2n) is 5.85. The number of hydrogen-bond acceptors (Lipinski definition) is 6. The molecule has 2 aromatic rings. The lowest BCUT2D eigenvalue weighted by Crippen LogP contribution is -2.29. The van der Waals surface area contributed by atoms with Gasteiger partial charge in [0.25, 0.3) is 15.8 Å². The monoisotopic (exact) mass is 378 g/mol. The average molecular weight is 378 g/mol. The lowest BCUT2D eigenvalue weighted by Gasteiger charge is -2.24. The standard InChI is InChI=1S/C18H22N2O5S/c1-3-12-19(16-6-8-17(9-7-16)20(21)22)13-14-25-26(23,24)18-10-4-15(2)5-11-18/h4-11H,3,12-14H2,1-2H3. The van der Waals surface area contributed by atoms with Crippen LogP contribution in [0.15, 0.2) is 53.4 Å². The Bertz CT molecular complexity index is 833. The molecule has 0 aliphatic carbocycles. The Morgan fingerprint density at radius 2 is 1.65 bits per heavy atom. The molecule has 0 amide bonds. The van der Waals surface area contributed by atoms with Crippen molar-refractivity contribution in [3.8, 4) is 0 Å². The molecular formula is C18H22N2O5S. The van der Waals surface area contributed by atoms with Gasteiger partial charge in [-0.05, 0) is 37.6 Å². The van der Waals surface area contributed by atoms with E-state index in [9.17, 15) is 18.5 Å². The first-order valence-corrected chi connectivity index (χ1v) is 9.70. The third kappa shape index (κ3) is 5.27. The molecule has 0 radical (unpaired) electrons. The molecule has 7 nitrogen and oxygen atoms in total. The van der Waals surface area contributed by atoms with Gasteiger partial charge in [0, 0.05) is 30.9 Å². The average Bonchev–Trinajstić information content (AvgIpc) is 2.61. The second kappa shape index (κ2) is 8.77. The van der Waals surface area contributed by atoms with Crippen LogP contribution in [0.2, 0.25) is 0 Å². The van der Waals surface area contributed by atoms with Crippen molar-refractivity contribution in [2.45, 2.75) is 25.2 Å². The summed E-state index contributed by atoms with van der Waals surface area (Å²) in [6.45, 7) is 4.92. The number of benzene rings is 2. The Kier molecular flexibility index (Phi) is 6.70. The van der Waals surface area contributed by atoms with Gasteiger partial charge < -0.3 is 4.90 Å². The van der Waals surface area contributed by atoms with Gasteiger partial charge in [-0.25, -0.2) is 0 Å². The van der Waals surface area contributed by atoms with Crippen LogP contribution < -0.4 is 4.90 Å². The van der Waals surface area contributed by atoms with E-state index >= 15 is 0 Å². The van der Waals surface area contributed by atoms with Gasteiger partial charge in [0.15, 0.2) is 0 Å². The summed E-state index contributed by atoms with van der Waals surface area (Å²) in [6.07, 6.45) is 0.849. The van der Waals surface area contributed by atoms with Crippen molar-refractivity contribution in [1.82, 2.24) is 0 Å². The van der Waals surface area contributed by atoms with Gasteiger partial charge in [0.1, 0.15) is 0 Å². The summed E-state index contributed by atoms with van der Waals surface area (Å²) in [5.74, 6) is 0. The number of rotatable bonds is 9. The molecule has 0 aliphatic heterocycles. The van der Waals surface area contributed by atoms with Crippen molar-refractivity contribution in [3.63, 3.8) is 0 Å². The van der Waals surface area contributed by atoms with Gasteiger partial charge in [-0.2, -0.15) is 8.42 Å². The zero-order chi connectivity index (χ0) is 19.2. The molecule has 0 aromatic heterocycles. The summed E-state index contributed by atoms with van der Waals surface area (Å²) in [5.41, 5.74) is 1.77. The Morgan fingerprint density at radius 3 is 2.19 bits per heavy atom. The molecule has 0 unspecified atom stereocenters. The maximum atomic E-state index is 12.2. The van der Waals surface area contributed by atoms with Crippen LogP contribution in [0.3, 0.4) is 0 Å². The van der Waals surface area contributed by atoms with Gasteiger partial charge in [-0.3, -0.25) is 14.3 Å². The normalized spacial score (nSPS) is 11.3. The number of nitrogens with zero attached hydrogens (tertiary/aromatic N) is 2. The number of nitro groups is 1. The molecule has 0 N–H and O–H groups in total. The zero-order valence-corrected chi connectivity index (χ0v) is 15.6. The lowest BCUT2D eigenvalue weighted by atomic mass is 10.2. The van der Waals surface area contributed by atoms with E-state index < -0.39 is 15.0 Å². The van der Waals surface area contributed by atoms with Crippen molar-refractivity contribution < 1.29 is 17.5 Å². The highest BCUT2D eigenvalue weighted by molar-refractivity contribution is 7.86. The number of nitro benzene ring substituents is 1. The molecule has 0 heterocycles. The summed E-state index contributed by atoms with van der Waals surface area (Å²) >= 11 is 0. The van der Waals surface area contributed by atoms with Crippen molar-refractivity contribution in [1.29, 1.82) is 0 Å². The van der Waals surface area contributed by atoms with E-state index in [2.05, 4.69) is 0 Å². The molecule has 0 aliphatic rings. The molecule has 0 saturated heterocycles. The van der Waals surface area contributed by atoms with E-state index in [4.69, 9.17) is 4.18 Å². The van der Waals surface area contributed by atoms with Crippen LogP contribution in [0.4, 0.5) is 11.4 Å². The highest BCUT2D eigenvalue weighted by Crippen LogP contribution is 2.20. The third-order valence-corrected chi connectivity index (χ3v) is 5.16. The first-order chi connectivity index (χ1) is 12.3. The fraction of sp³-hybridized carbons (Fsp3) is 0.333. The van der Waals surface area contributed by atoms with Crippen molar-refractivity contribution in [2.75, 3.05) is 24.6 Å². The van der Waals surface area contributed by atoms with Crippen LogP contribution in [0.1, 0.15) is 18.9 Å². The van der Waals surface area contributed by atoms with E-state index in [1.165, 1.54) is 24.3 Å². The molecule has 0 saturated carbocycles. The molecule has 8 heteroatoms. The van der Waals surface area contributed by atoms with E-state index in [1.54, 1.807) is 24.3 Å². The topological polar surface area (TPSA) is 89.8 Å². The molecule has 2 rings (SSSR count). The van der Waals surface area contributed by atoms with Gasteiger partial charge in [-0.1, -0.05) is 24.6 Å². The Morgan fingerprint density at radius 1 is 1.04 bits per heavy atom. The number of hydrogen-bond donors (Lipinski definition) is 0. The maximum Gasteiger partial charge on any atom is 0.297 e. The molecule has 0 spiro atoms. The highest BCUT2D eigenvalue weighted by atomic mass is 32.2. The van der Waals surface area contributed by atoms with E-state index in [0.29, 0.717) is 13.1 Å². The molecule has 0 fully saturated rings. The van der Waals surface area contributed by atoms with E-state index in [0.717, 1.165) is 17.7 Å². The Hall–Kier alpha value is -2.45. The zero-order valence-electron chi connectivity index (χ0n) is 14.8. The minimum Gasteiger partial charge on any atom is -0.369 e. The largest absolute Gasteiger partial charge is 0.369 e. The SMILES string of the molecule is CCCN(CCOS(=O)(=O)c1ccc(C)cc1)c1ccc([N+](=O)[O-])cc1. The van der Waals surface area contributed by atoms with Gasteiger partial charge in [0.05, 0.1) is 16.4 Å². The Balaban J connectivity index is 2.01. The predicted molar refractivity (Wildman–Crippen MR) is 99.9 cm³/mol. The lowest BCUT2D eigenvalue weighted by molar-refractivity contribution is -0.384. The molecule has 2 aromatic carbocycles. The second-order valence-corrected chi connectivity index (χ2v) is 7.47. The summed E-state index contributed by atoms with van der Waals surface area (Å²) in [5, 5.41) is 10.8. The molecule has 140 valence electrons. The predicted octanol–water partition coefficient (Wildman–Crippen LogP) is 3.53. The van der Waals surface area contributed by atoms with Crippen LogP contribution in [-0.4, -0.2) is 33.0 Å². The van der Waals surface area contributed by atoms with Gasteiger partial charge in [0.2, 0.25) is 0 Å². The van der Waals surface area contributed by atoms with E-state index in [1.807, 2.05) is 18.7 Å². The molecule has 0 bridgehead atoms. The maximum absolute atomic E-state index is 12.2. The quantitative estimate of drug-likeness (QED) is 0.377. The van der Waals surface area contributed by atoms with Crippen molar-refractivity contribution in [2.24, 2.45) is 0 Å². The van der Waals surface area contributed by atoms with Gasteiger partial charge in [-0.15, -0.1) is 0 Å².